The molecule has 0 bridgehead atoms. The van der Waals surface area contributed by atoms with Crippen molar-refractivity contribution >= 4 is 34.0 Å². The molecule has 0 radical (unpaired) electrons. The van der Waals surface area contributed by atoms with Gasteiger partial charge in [0, 0.05) is 18.1 Å². The van der Waals surface area contributed by atoms with Crippen molar-refractivity contribution in [1.82, 2.24) is 19.7 Å². The molecule has 4 rings (SSSR count). The minimum atomic E-state index is -0.150. The summed E-state index contributed by atoms with van der Waals surface area (Å²) >= 11 is 2.88. The number of amides is 1. The van der Waals surface area contributed by atoms with Gasteiger partial charge in [-0.05, 0) is 48.3 Å². The van der Waals surface area contributed by atoms with Crippen molar-refractivity contribution in [2.24, 2.45) is 18.4 Å². The number of pyridine rings is 1. The van der Waals surface area contributed by atoms with E-state index in [0.29, 0.717) is 27.5 Å². The van der Waals surface area contributed by atoms with Crippen LogP contribution in [0.1, 0.15) is 49.6 Å². The van der Waals surface area contributed by atoms with E-state index >= 15 is 0 Å². The molecule has 1 unspecified atom stereocenters. The highest BCUT2D eigenvalue weighted by atomic mass is 32.2. The molecule has 7 nitrogen and oxygen atoms in total. The lowest BCUT2D eigenvalue weighted by atomic mass is 9.69. The zero-order valence-corrected chi connectivity index (χ0v) is 21.0. The maximum absolute atomic E-state index is 12.7. The SMILES string of the molecule is CCC(C)(C)C1CCc2c(sc(NC(=O)CSc3nnc(-c4ccccn4)n3C)c2C#N)C1. The minimum Gasteiger partial charge on any atom is -0.316 e. The first-order valence-corrected chi connectivity index (χ1v) is 12.9. The first-order chi connectivity index (χ1) is 15.8. The van der Waals surface area contributed by atoms with Crippen LogP contribution in [0.3, 0.4) is 0 Å². The van der Waals surface area contributed by atoms with Gasteiger partial charge in [0.25, 0.3) is 0 Å². The van der Waals surface area contributed by atoms with E-state index in [4.69, 9.17) is 0 Å². The summed E-state index contributed by atoms with van der Waals surface area (Å²) < 4.78 is 1.83. The molecule has 0 saturated heterocycles. The molecule has 0 fully saturated rings. The van der Waals surface area contributed by atoms with Gasteiger partial charge in [-0.2, -0.15) is 5.26 Å². The van der Waals surface area contributed by atoms with Crippen molar-refractivity contribution in [3.05, 3.63) is 40.4 Å². The number of carbonyl (C=O) groups excluding carboxylic acids is 1. The minimum absolute atomic E-state index is 0.150. The summed E-state index contributed by atoms with van der Waals surface area (Å²) in [6.07, 6.45) is 5.82. The summed E-state index contributed by atoms with van der Waals surface area (Å²) in [5, 5.41) is 22.5. The fourth-order valence-corrected chi connectivity index (χ4v) is 6.20. The molecule has 1 aliphatic carbocycles. The van der Waals surface area contributed by atoms with Crippen molar-refractivity contribution < 1.29 is 4.79 Å². The normalized spacial score (nSPS) is 15.7. The zero-order valence-electron chi connectivity index (χ0n) is 19.4. The van der Waals surface area contributed by atoms with E-state index in [2.05, 4.69) is 47.3 Å². The van der Waals surface area contributed by atoms with Gasteiger partial charge in [0.2, 0.25) is 5.91 Å². The predicted octanol–water partition coefficient (Wildman–Crippen LogP) is 5.08. The summed E-state index contributed by atoms with van der Waals surface area (Å²) in [4.78, 5) is 18.3. The number of thiophene rings is 1. The molecule has 3 aromatic heterocycles. The number of hydrogen-bond acceptors (Lipinski definition) is 7. The maximum atomic E-state index is 12.7. The van der Waals surface area contributed by atoms with Gasteiger partial charge >= 0.3 is 0 Å². The van der Waals surface area contributed by atoms with E-state index in [1.807, 2.05) is 29.8 Å². The maximum Gasteiger partial charge on any atom is 0.235 e. The third-order valence-corrected chi connectivity index (χ3v) is 8.90. The summed E-state index contributed by atoms with van der Waals surface area (Å²) in [6, 6.07) is 7.96. The number of rotatable bonds is 7. The first kappa shape index (κ1) is 23.5. The van der Waals surface area contributed by atoms with E-state index in [0.717, 1.165) is 36.9 Å². The Morgan fingerprint density at radius 1 is 1.39 bits per heavy atom. The smallest absolute Gasteiger partial charge is 0.235 e. The number of hydrogen-bond donors (Lipinski definition) is 1. The molecule has 0 aromatic carbocycles. The molecule has 172 valence electrons. The molecule has 33 heavy (non-hydrogen) atoms. The van der Waals surface area contributed by atoms with Gasteiger partial charge in [0.15, 0.2) is 11.0 Å². The number of aromatic nitrogens is 4. The number of nitriles is 1. The Balaban J connectivity index is 1.43. The third-order valence-electron chi connectivity index (χ3n) is 6.71. The van der Waals surface area contributed by atoms with Crippen molar-refractivity contribution in [3.63, 3.8) is 0 Å². The Hall–Kier alpha value is -2.70. The highest BCUT2D eigenvalue weighted by Crippen LogP contribution is 2.45. The van der Waals surface area contributed by atoms with Gasteiger partial charge in [-0.1, -0.05) is 45.0 Å². The number of nitrogens with one attached hydrogen (secondary N) is 1. The molecular weight excluding hydrogens is 452 g/mol. The van der Waals surface area contributed by atoms with E-state index in [9.17, 15) is 10.1 Å². The van der Waals surface area contributed by atoms with Crippen LogP contribution in [0.4, 0.5) is 5.00 Å². The quantitative estimate of drug-likeness (QED) is 0.474. The van der Waals surface area contributed by atoms with Crippen LogP contribution >= 0.6 is 23.1 Å². The predicted molar refractivity (Wildman–Crippen MR) is 132 cm³/mol. The second kappa shape index (κ2) is 9.65. The molecule has 0 saturated carbocycles. The molecule has 0 spiro atoms. The second-order valence-corrected chi connectivity index (χ2v) is 11.1. The molecule has 1 amide bonds. The molecule has 0 aliphatic heterocycles. The molecule has 3 heterocycles. The molecule has 3 aromatic rings. The van der Waals surface area contributed by atoms with Gasteiger partial charge < -0.3 is 9.88 Å². The number of fused-ring (bicyclic) bond motifs is 1. The van der Waals surface area contributed by atoms with Gasteiger partial charge in [-0.3, -0.25) is 9.78 Å². The lowest BCUT2D eigenvalue weighted by Crippen LogP contribution is -2.28. The van der Waals surface area contributed by atoms with E-state index in [-0.39, 0.29) is 17.1 Å². The van der Waals surface area contributed by atoms with Crippen molar-refractivity contribution in [2.75, 3.05) is 11.1 Å². The molecular formula is C24H28N6OS2. The Bertz CT molecular complexity index is 1190. The number of carbonyl (C=O) groups is 1. The van der Waals surface area contributed by atoms with Crippen LogP contribution in [0.5, 0.6) is 0 Å². The van der Waals surface area contributed by atoms with Crippen LogP contribution < -0.4 is 5.32 Å². The van der Waals surface area contributed by atoms with Gasteiger partial charge in [0.05, 0.1) is 11.3 Å². The van der Waals surface area contributed by atoms with Crippen LogP contribution in [-0.4, -0.2) is 31.4 Å². The fraction of sp³-hybridized carbons (Fsp3) is 0.458. The van der Waals surface area contributed by atoms with Crippen LogP contribution in [0.2, 0.25) is 0 Å². The monoisotopic (exact) mass is 480 g/mol. The summed E-state index contributed by atoms with van der Waals surface area (Å²) in [6.45, 7) is 6.89. The third kappa shape index (κ3) is 4.82. The Labute approximate surface area is 202 Å². The van der Waals surface area contributed by atoms with Crippen molar-refractivity contribution in [3.8, 4) is 17.6 Å². The first-order valence-electron chi connectivity index (χ1n) is 11.1. The topological polar surface area (TPSA) is 96.5 Å². The number of nitrogens with zero attached hydrogens (tertiary/aromatic N) is 5. The number of thioether (sulfide) groups is 1. The molecule has 1 N–H and O–H groups in total. The summed E-state index contributed by atoms with van der Waals surface area (Å²) in [7, 11) is 1.86. The van der Waals surface area contributed by atoms with Crippen LogP contribution in [0.25, 0.3) is 11.5 Å². The van der Waals surface area contributed by atoms with E-state index in [1.165, 1.54) is 16.6 Å². The summed E-state index contributed by atoms with van der Waals surface area (Å²) in [5.41, 5.74) is 2.77. The zero-order chi connectivity index (χ0) is 23.6. The van der Waals surface area contributed by atoms with Gasteiger partial charge in [0.1, 0.15) is 16.8 Å². The van der Waals surface area contributed by atoms with Crippen molar-refractivity contribution in [2.45, 2.75) is 51.6 Å². The Kier molecular flexibility index (Phi) is 6.86. The lowest BCUT2D eigenvalue weighted by Gasteiger charge is -2.36. The van der Waals surface area contributed by atoms with Crippen molar-refractivity contribution in [1.29, 1.82) is 5.26 Å². The largest absolute Gasteiger partial charge is 0.316 e. The average molecular weight is 481 g/mol. The highest BCUT2D eigenvalue weighted by Gasteiger charge is 2.34. The van der Waals surface area contributed by atoms with Crippen LogP contribution in [0.15, 0.2) is 29.6 Å². The van der Waals surface area contributed by atoms with Crippen LogP contribution in [-0.2, 0) is 24.7 Å². The highest BCUT2D eigenvalue weighted by molar-refractivity contribution is 7.99. The Morgan fingerprint density at radius 2 is 2.21 bits per heavy atom. The van der Waals surface area contributed by atoms with E-state index < -0.39 is 0 Å². The second-order valence-electron chi connectivity index (χ2n) is 9.02. The van der Waals surface area contributed by atoms with E-state index in [1.54, 1.807) is 17.5 Å². The summed E-state index contributed by atoms with van der Waals surface area (Å²) in [5.74, 6) is 1.29. The fourth-order valence-electron chi connectivity index (χ4n) is 4.20. The molecule has 1 aliphatic rings. The standard InChI is InChI=1S/C24H28N6OS2/c1-5-24(2,3)15-9-10-16-17(13-25)22(33-19(16)12-15)27-20(31)14-32-23-29-28-21(30(23)4)18-8-6-7-11-26-18/h6-8,11,15H,5,9-10,12,14H2,1-4H3,(H,27,31). The average Bonchev–Trinajstić information content (AvgIpc) is 3.36. The van der Waals surface area contributed by atoms with Crippen LogP contribution in [0, 0.1) is 22.7 Å². The Morgan fingerprint density at radius 3 is 2.91 bits per heavy atom. The molecule has 9 heteroatoms. The lowest BCUT2D eigenvalue weighted by molar-refractivity contribution is -0.113. The van der Waals surface area contributed by atoms with Gasteiger partial charge in [-0.15, -0.1) is 21.5 Å². The van der Waals surface area contributed by atoms with Gasteiger partial charge in [-0.25, -0.2) is 0 Å². The molecule has 1 atom stereocenters. The number of anilines is 1.